The molecule has 11 heteroatoms. The Morgan fingerprint density at radius 2 is 1.82 bits per heavy atom. The maximum atomic E-state index is 14.0. The Morgan fingerprint density at radius 1 is 1.13 bits per heavy atom. The first-order chi connectivity index (χ1) is 18.1. The summed E-state index contributed by atoms with van der Waals surface area (Å²) in [6.07, 6.45) is 5.82. The lowest BCUT2D eigenvalue weighted by Gasteiger charge is -2.40. The summed E-state index contributed by atoms with van der Waals surface area (Å²) in [7, 11) is -3.96. The standard InChI is InChI=1S/C27H36F2N4O4S/c1-4-5-19(2)31-14-16-32(17-15-31)27(34)22-10-12-33(13-11-22)38(35,36)26-20(3)30-37-25(26)9-7-21-6-8-23(28)18-24(21)29/h6-9,18-19,22H,4-5,10-17H2,1-3H3/b9-7+/t19-/m1/s1. The molecule has 1 aromatic carbocycles. The molecule has 0 saturated carbocycles. The van der Waals surface area contributed by atoms with E-state index < -0.39 is 21.7 Å². The van der Waals surface area contributed by atoms with Gasteiger partial charge in [0.25, 0.3) is 0 Å². The van der Waals surface area contributed by atoms with Crippen LogP contribution in [-0.2, 0) is 14.8 Å². The Bertz CT molecular complexity index is 1260. The summed E-state index contributed by atoms with van der Waals surface area (Å²) in [6.45, 7) is 9.51. The van der Waals surface area contributed by atoms with Crippen molar-refractivity contribution in [3.8, 4) is 0 Å². The number of aryl methyl sites for hydroxylation is 1. The maximum Gasteiger partial charge on any atom is 0.248 e. The van der Waals surface area contributed by atoms with Gasteiger partial charge in [0.15, 0.2) is 10.7 Å². The van der Waals surface area contributed by atoms with E-state index in [4.69, 9.17) is 4.52 Å². The third kappa shape index (κ3) is 6.16. The van der Waals surface area contributed by atoms with Crippen LogP contribution in [0.2, 0.25) is 0 Å². The molecule has 1 aromatic heterocycles. The first-order valence-corrected chi connectivity index (χ1v) is 14.7. The number of hydrogen-bond donors (Lipinski definition) is 0. The Hall–Kier alpha value is -2.63. The van der Waals surface area contributed by atoms with Crippen molar-refractivity contribution in [3.05, 3.63) is 46.9 Å². The highest BCUT2D eigenvalue weighted by atomic mass is 32.2. The van der Waals surface area contributed by atoms with E-state index in [2.05, 4.69) is 23.9 Å². The van der Waals surface area contributed by atoms with E-state index in [1.807, 2.05) is 4.90 Å². The van der Waals surface area contributed by atoms with Gasteiger partial charge < -0.3 is 9.42 Å². The monoisotopic (exact) mass is 550 g/mol. The summed E-state index contributed by atoms with van der Waals surface area (Å²) < 4.78 is 60.8. The molecule has 0 spiro atoms. The van der Waals surface area contributed by atoms with E-state index in [1.54, 1.807) is 0 Å². The average Bonchev–Trinajstić information content (AvgIpc) is 3.29. The lowest BCUT2D eigenvalue weighted by molar-refractivity contribution is -0.138. The molecule has 2 aliphatic rings. The van der Waals surface area contributed by atoms with Crippen molar-refractivity contribution in [2.24, 2.45) is 5.92 Å². The lowest BCUT2D eigenvalue weighted by Crippen LogP contribution is -2.53. The highest BCUT2D eigenvalue weighted by Gasteiger charge is 2.37. The average molecular weight is 551 g/mol. The van der Waals surface area contributed by atoms with Crippen molar-refractivity contribution in [1.82, 2.24) is 19.3 Å². The Balaban J connectivity index is 1.39. The molecule has 1 atom stereocenters. The Morgan fingerprint density at radius 3 is 2.45 bits per heavy atom. The zero-order chi connectivity index (χ0) is 27.4. The minimum absolute atomic E-state index is 0.0282. The number of piperazine rings is 1. The van der Waals surface area contributed by atoms with Gasteiger partial charge in [0, 0.05) is 62.9 Å². The Kier molecular flexibility index (Phi) is 9.00. The van der Waals surface area contributed by atoms with Crippen LogP contribution in [0.5, 0.6) is 0 Å². The molecule has 0 unspecified atom stereocenters. The minimum atomic E-state index is -3.96. The smallest absolute Gasteiger partial charge is 0.248 e. The van der Waals surface area contributed by atoms with Gasteiger partial charge in [-0.3, -0.25) is 9.69 Å². The third-order valence-corrected chi connectivity index (χ3v) is 9.62. The molecule has 2 saturated heterocycles. The van der Waals surface area contributed by atoms with Gasteiger partial charge >= 0.3 is 0 Å². The first kappa shape index (κ1) is 28.4. The molecular formula is C27H36F2N4O4S. The summed E-state index contributed by atoms with van der Waals surface area (Å²) in [6, 6.07) is 3.64. The van der Waals surface area contributed by atoms with Crippen molar-refractivity contribution in [2.75, 3.05) is 39.3 Å². The van der Waals surface area contributed by atoms with Crippen LogP contribution in [-0.4, -0.2) is 78.9 Å². The second kappa shape index (κ2) is 12.0. The number of aromatic nitrogens is 1. The van der Waals surface area contributed by atoms with Crippen LogP contribution in [0.1, 0.15) is 56.5 Å². The predicted octanol–water partition coefficient (Wildman–Crippen LogP) is 4.17. The molecule has 208 valence electrons. The largest absolute Gasteiger partial charge is 0.355 e. The number of nitrogens with zero attached hydrogens (tertiary/aromatic N) is 4. The highest BCUT2D eigenvalue weighted by molar-refractivity contribution is 7.89. The number of amides is 1. The maximum absolute atomic E-state index is 14.0. The van der Waals surface area contributed by atoms with Gasteiger partial charge in [-0.05, 0) is 57.4 Å². The number of halogens is 2. The van der Waals surface area contributed by atoms with E-state index in [9.17, 15) is 22.0 Å². The van der Waals surface area contributed by atoms with Gasteiger partial charge in [-0.2, -0.15) is 4.31 Å². The number of sulfonamides is 1. The van der Waals surface area contributed by atoms with Crippen LogP contribution in [0.25, 0.3) is 12.2 Å². The number of carbonyl (C=O) groups excluding carboxylic acids is 1. The molecular weight excluding hydrogens is 514 g/mol. The van der Waals surface area contributed by atoms with Crippen molar-refractivity contribution < 1.29 is 26.5 Å². The molecule has 0 radical (unpaired) electrons. The number of hydrogen-bond acceptors (Lipinski definition) is 6. The van der Waals surface area contributed by atoms with Crippen molar-refractivity contribution in [3.63, 3.8) is 0 Å². The molecule has 2 fully saturated rings. The summed E-state index contributed by atoms with van der Waals surface area (Å²) in [5, 5.41) is 3.81. The van der Waals surface area contributed by atoms with Crippen molar-refractivity contribution in [2.45, 2.75) is 57.4 Å². The van der Waals surface area contributed by atoms with Gasteiger partial charge in [0.05, 0.1) is 0 Å². The van der Waals surface area contributed by atoms with E-state index in [1.165, 1.54) is 29.4 Å². The Labute approximate surface area is 223 Å². The molecule has 0 bridgehead atoms. The van der Waals surface area contributed by atoms with Gasteiger partial charge in [-0.1, -0.05) is 18.5 Å². The zero-order valence-corrected chi connectivity index (χ0v) is 23.0. The van der Waals surface area contributed by atoms with Crippen molar-refractivity contribution >= 4 is 28.1 Å². The van der Waals surface area contributed by atoms with E-state index in [0.29, 0.717) is 32.0 Å². The highest BCUT2D eigenvalue weighted by Crippen LogP contribution is 2.30. The molecule has 1 amide bonds. The van der Waals surface area contributed by atoms with Crippen LogP contribution in [0, 0.1) is 24.5 Å². The fraction of sp³-hybridized carbons (Fsp3) is 0.556. The molecule has 3 heterocycles. The van der Waals surface area contributed by atoms with Crippen LogP contribution < -0.4 is 0 Å². The van der Waals surface area contributed by atoms with E-state index >= 15 is 0 Å². The minimum Gasteiger partial charge on any atom is -0.355 e. The summed E-state index contributed by atoms with van der Waals surface area (Å²) >= 11 is 0. The lowest BCUT2D eigenvalue weighted by atomic mass is 9.96. The molecule has 0 N–H and O–H groups in total. The van der Waals surface area contributed by atoms with Crippen LogP contribution in [0.4, 0.5) is 8.78 Å². The molecule has 2 aromatic rings. The van der Waals surface area contributed by atoms with E-state index in [0.717, 1.165) is 38.1 Å². The number of carbonyl (C=O) groups is 1. The predicted molar refractivity (Wildman–Crippen MR) is 141 cm³/mol. The van der Waals surface area contributed by atoms with E-state index in [-0.39, 0.29) is 46.8 Å². The van der Waals surface area contributed by atoms with Gasteiger partial charge in [-0.25, -0.2) is 17.2 Å². The second-order valence-corrected chi connectivity index (χ2v) is 12.0. The van der Waals surface area contributed by atoms with Crippen LogP contribution in [0.3, 0.4) is 0 Å². The van der Waals surface area contributed by atoms with Crippen LogP contribution >= 0.6 is 0 Å². The number of rotatable bonds is 8. The quantitative estimate of drug-likeness (QED) is 0.491. The normalized spacial score (nSPS) is 19.3. The fourth-order valence-corrected chi connectivity index (χ4v) is 7.03. The molecule has 38 heavy (non-hydrogen) atoms. The van der Waals surface area contributed by atoms with Crippen LogP contribution in [0.15, 0.2) is 27.6 Å². The zero-order valence-electron chi connectivity index (χ0n) is 22.2. The summed E-state index contributed by atoms with van der Waals surface area (Å²) in [5.41, 5.74) is 0.279. The molecule has 4 rings (SSSR count). The summed E-state index contributed by atoms with van der Waals surface area (Å²) in [4.78, 5) is 17.4. The second-order valence-electron chi connectivity index (χ2n) is 10.1. The molecule has 2 aliphatic heterocycles. The number of piperidine rings is 1. The molecule has 8 nitrogen and oxygen atoms in total. The van der Waals surface area contributed by atoms with Gasteiger partial charge in [-0.15, -0.1) is 0 Å². The topological polar surface area (TPSA) is 87.0 Å². The van der Waals surface area contributed by atoms with Gasteiger partial charge in [0.2, 0.25) is 15.9 Å². The third-order valence-electron chi connectivity index (χ3n) is 7.57. The van der Waals surface area contributed by atoms with Gasteiger partial charge in [0.1, 0.15) is 17.3 Å². The summed E-state index contributed by atoms with van der Waals surface area (Å²) in [5.74, 6) is -1.60. The SMILES string of the molecule is CCC[C@@H](C)N1CCN(C(=O)C2CCN(S(=O)(=O)c3c(C)noc3/C=C/c3ccc(F)cc3F)CC2)CC1. The fourth-order valence-electron chi connectivity index (χ4n) is 5.31. The molecule has 0 aliphatic carbocycles. The first-order valence-electron chi connectivity index (χ1n) is 13.2. The number of benzene rings is 1. The van der Waals surface area contributed by atoms with Crippen molar-refractivity contribution in [1.29, 1.82) is 0 Å².